The first kappa shape index (κ1) is 12.1. The third-order valence-corrected chi connectivity index (χ3v) is 2.28. The van der Waals surface area contributed by atoms with Crippen LogP contribution in [-0.4, -0.2) is 29.7 Å². The molecule has 1 heterocycles. The molecule has 1 aliphatic rings. The predicted molar refractivity (Wildman–Crippen MR) is 60.5 cm³/mol. The zero-order valence-corrected chi connectivity index (χ0v) is 9.88. The Morgan fingerprint density at radius 1 is 1.60 bits per heavy atom. The van der Waals surface area contributed by atoms with Crippen molar-refractivity contribution in [3.05, 3.63) is 18.6 Å². The van der Waals surface area contributed by atoms with Crippen molar-refractivity contribution in [2.45, 2.75) is 39.2 Å². The number of hydrogen-bond donors (Lipinski definition) is 0. The van der Waals surface area contributed by atoms with E-state index in [0.717, 1.165) is 19.4 Å². The second kappa shape index (κ2) is 4.69. The van der Waals surface area contributed by atoms with Gasteiger partial charge in [-0.1, -0.05) is 11.6 Å². The van der Waals surface area contributed by atoms with Gasteiger partial charge in [0.15, 0.2) is 0 Å². The van der Waals surface area contributed by atoms with Crippen LogP contribution in [0.4, 0.5) is 4.79 Å². The van der Waals surface area contributed by atoms with Gasteiger partial charge in [0, 0.05) is 13.1 Å². The van der Waals surface area contributed by atoms with Gasteiger partial charge < -0.3 is 9.64 Å². The van der Waals surface area contributed by atoms with Gasteiger partial charge in [0.1, 0.15) is 5.60 Å². The van der Waals surface area contributed by atoms with E-state index in [9.17, 15) is 4.79 Å². The third kappa shape index (κ3) is 3.94. The molecule has 0 N–H and O–H groups in total. The molecule has 3 nitrogen and oxygen atoms in total. The zero-order chi connectivity index (χ0) is 11.5. The largest absolute Gasteiger partial charge is 0.444 e. The number of carbonyl (C=O) groups is 1. The smallest absolute Gasteiger partial charge is 0.410 e. The van der Waals surface area contributed by atoms with Crippen molar-refractivity contribution < 1.29 is 9.53 Å². The fourth-order valence-corrected chi connectivity index (χ4v) is 1.43. The highest BCUT2D eigenvalue weighted by Crippen LogP contribution is 2.16. The van der Waals surface area contributed by atoms with Gasteiger partial charge in [-0.2, -0.15) is 0 Å². The first-order valence-electron chi connectivity index (χ1n) is 5.37. The lowest BCUT2D eigenvalue weighted by Gasteiger charge is -2.29. The molecule has 85 valence electrons. The van der Waals surface area contributed by atoms with E-state index in [1.165, 1.54) is 5.57 Å². The van der Waals surface area contributed by atoms with Crippen molar-refractivity contribution in [2.75, 3.05) is 13.1 Å². The van der Waals surface area contributed by atoms with Gasteiger partial charge in [-0.05, 0) is 40.5 Å². The summed E-state index contributed by atoms with van der Waals surface area (Å²) in [4.78, 5) is 13.4. The van der Waals surface area contributed by atoms with E-state index in [4.69, 9.17) is 4.74 Å². The highest BCUT2D eigenvalue weighted by atomic mass is 16.6. The Hall–Kier alpha value is -0.990. The van der Waals surface area contributed by atoms with Crippen LogP contribution in [0.5, 0.6) is 0 Å². The van der Waals surface area contributed by atoms with E-state index in [2.05, 4.69) is 13.0 Å². The van der Waals surface area contributed by atoms with Crippen LogP contribution in [0.25, 0.3) is 0 Å². The van der Waals surface area contributed by atoms with Crippen LogP contribution in [0, 0.1) is 6.92 Å². The normalized spacial score (nSPS) is 17.3. The maximum absolute atomic E-state index is 11.7. The summed E-state index contributed by atoms with van der Waals surface area (Å²) < 4.78 is 5.29. The van der Waals surface area contributed by atoms with E-state index in [1.807, 2.05) is 20.8 Å². The minimum Gasteiger partial charge on any atom is -0.444 e. The Labute approximate surface area is 92.1 Å². The van der Waals surface area contributed by atoms with Crippen LogP contribution in [-0.2, 0) is 4.74 Å². The molecule has 0 saturated carbocycles. The summed E-state index contributed by atoms with van der Waals surface area (Å²) in [6, 6.07) is 0. The minimum atomic E-state index is -0.409. The molecule has 0 fully saturated rings. The summed E-state index contributed by atoms with van der Waals surface area (Å²) in [5.41, 5.74) is 0.919. The number of hydrogen-bond acceptors (Lipinski definition) is 2. The van der Waals surface area contributed by atoms with Crippen molar-refractivity contribution in [2.24, 2.45) is 0 Å². The van der Waals surface area contributed by atoms with Gasteiger partial charge >= 0.3 is 6.09 Å². The van der Waals surface area contributed by atoms with Gasteiger partial charge in [-0.25, -0.2) is 4.79 Å². The molecule has 0 saturated heterocycles. The number of carbonyl (C=O) groups excluding carboxylic acids is 1. The molecule has 15 heavy (non-hydrogen) atoms. The van der Waals surface area contributed by atoms with Crippen LogP contribution >= 0.6 is 0 Å². The van der Waals surface area contributed by atoms with Crippen LogP contribution in [0.2, 0.25) is 0 Å². The molecular formula is C12H20NO2. The molecule has 0 aromatic rings. The fourth-order valence-electron chi connectivity index (χ4n) is 1.43. The number of ether oxygens (including phenoxy) is 1. The molecule has 0 bridgehead atoms. The first-order valence-corrected chi connectivity index (χ1v) is 5.37. The maximum Gasteiger partial charge on any atom is 0.410 e. The van der Waals surface area contributed by atoms with E-state index in [0.29, 0.717) is 6.54 Å². The Balaban J connectivity index is 2.47. The van der Waals surface area contributed by atoms with Crippen molar-refractivity contribution in [3.63, 3.8) is 0 Å². The number of amides is 1. The highest BCUT2D eigenvalue weighted by molar-refractivity contribution is 5.68. The summed E-state index contributed by atoms with van der Waals surface area (Å²) in [5, 5.41) is 0. The van der Waals surface area contributed by atoms with Gasteiger partial charge in [-0.15, -0.1) is 0 Å². The number of nitrogens with zero attached hydrogens (tertiary/aromatic N) is 1. The van der Waals surface area contributed by atoms with E-state index < -0.39 is 5.60 Å². The van der Waals surface area contributed by atoms with Gasteiger partial charge in [0.25, 0.3) is 0 Å². The fraction of sp³-hybridized carbons (Fsp3) is 0.667. The Morgan fingerprint density at radius 2 is 2.27 bits per heavy atom. The quantitative estimate of drug-likeness (QED) is 0.623. The molecule has 1 amide bonds. The summed E-state index contributed by atoms with van der Waals surface area (Å²) >= 11 is 0. The second-order valence-electron chi connectivity index (χ2n) is 4.79. The van der Waals surface area contributed by atoms with Crippen molar-refractivity contribution >= 4 is 6.09 Å². The average Bonchev–Trinajstić information content (AvgIpc) is 2.15. The third-order valence-electron chi connectivity index (χ3n) is 2.28. The second-order valence-corrected chi connectivity index (χ2v) is 4.79. The van der Waals surface area contributed by atoms with Crippen LogP contribution in [0.15, 0.2) is 11.6 Å². The van der Waals surface area contributed by atoms with Crippen molar-refractivity contribution in [1.82, 2.24) is 4.90 Å². The summed E-state index contributed by atoms with van der Waals surface area (Å²) in [5.74, 6) is 0. The SMILES string of the molecule is [CH2]CC1=CCN(C(=O)OC(C)(C)C)CC1. The van der Waals surface area contributed by atoms with Crippen molar-refractivity contribution in [3.8, 4) is 0 Å². The molecule has 1 aliphatic heterocycles. The molecule has 0 unspecified atom stereocenters. The van der Waals surface area contributed by atoms with Gasteiger partial charge in [-0.3, -0.25) is 0 Å². The Bertz CT molecular complexity index is 263. The standard InChI is InChI=1S/C12H20NO2/c1-5-10-6-8-13(9-7-10)11(14)15-12(2,3)4/h6H,1,5,7-9H2,2-4H3. The molecule has 0 spiro atoms. The number of rotatable bonds is 1. The monoisotopic (exact) mass is 210 g/mol. The molecule has 0 aromatic heterocycles. The molecule has 0 aromatic carbocycles. The molecular weight excluding hydrogens is 190 g/mol. The lowest BCUT2D eigenvalue weighted by molar-refractivity contribution is 0.0265. The summed E-state index contributed by atoms with van der Waals surface area (Å²) in [6.07, 6.45) is 3.60. The van der Waals surface area contributed by atoms with Crippen molar-refractivity contribution in [1.29, 1.82) is 0 Å². The molecule has 1 rings (SSSR count). The van der Waals surface area contributed by atoms with E-state index >= 15 is 0 Å². The first-order chi connectivity index (χ1) is 6.92. The Morgan fingerprint density at radius 3 is 2.67 bits per heavy atom. The average molecular weight is 210 g/mol. The summed E-state index contributed by atoms with van der Waals surface area (Å²) in [6.45, 7) is 10.9. The minimum absolute atomic E-state index is 0.220. The molecule has 1 radical (unpaired) electrons. The van der Waals surface area contributed by atoms with Crippen LogP contribution in [0.1, 0.15) is 33.6 Å². The molecule has 3 heteroatoms. The van der Waals surface area contributed by atoms with Crippen LogP contribution in [0.3, 0.4) is 0 Å². The molecule has 0 atom stereocenters. The van der Waals surface area contributed by atoms with Gasteiger partial charge in [0.2, 0.25) is 0 Å². The van der Waals surface area contributed by atoms with Gasteiger partial charge in [0.05, 0.1) is 0 Å². The van der Waals surface area contributed by atoms with E-state index in [-0.39, 0.29) is 6.09 Å². The maximum atomic E-state index is 11.7. The predicted octanol–water partition coefficient (Wildman–Crippen LogP) is 2.78. The topological polar surface area (TPSA) is 29.5 Å². The van der Waals surface area contributed by atoms with E-state index in [1.54, 1.807) is 4.90 Å². The lowest BCUT2D eigenvalue weighted by Crippen LogP contribution is -2.39. The van der Waals surface area contributed by atoms with Crippen LogP contribution < -0.4 is 0 Å². The Kier molecular flexibility index (Phi) is 3.77. The summed E-state index contributed by atoms with van der Waals surface area (Å²) in [7, 11) is 0. The highest BCUT2D eigenvalue weighted by Gasteiger charge is 2.22. The lowest BCUT2D eigenvalue weighted by atomic mass is 10.1. The zero-order valence-electron chi connectivity index (χ0n) is 9.88. The molecule has 0 aliphatic carbocycles.